The second kappa shape index (κ2) is 6.20. The largest absolute Gasteiger partial charge is 0.387 e. The van der Waals surface area contributed by atoms with Crippen LogP contribution in [0.1, 0.15) is 17.2 Å². The fourth-order valence-electron chi connectivity index (χ4n) is 1.81. The molecule has 2 aromatic rings. The molecule has 1 atom stereocenters. The number of anilines is 1. The summed E-state index contributed by atoms with van der Waals surface area (Å²) in [6, 6.07) is 8.81. The van der Waals surface area contributed by atoms with E-state index in [0.29, 0.717) is 16.3 Å². The second-order valence-electron chi connectivity index (χ2n) is 4.55. The highest BCUT2D eigenvalue weighted by Gasteiger charge is 2.11. The lowest BCUT2D eigenvalue weighted by Gasteiger charge is -2.14. The van der Waals surface area contributed by atoms with Gasteiger partial charge < -0.3 is 10.4 Å². The fourth-order valence-corrected chi connectivity index (χ4v) is 2.11. The number of aryl methyl sites for hydroxylation is 1. The molecule has 2 rings (SSSR count). The maximum atomic E-state index is 13.1. The summed E-state index contributed by atoms with van der Waals surface area (Å²) < 4.78 is 25.9. The van der Waals surface area contributed by atoms with Crippen LogP contribution >= 0.6 is 11.6 Å². The van der Waals surface area contributed by atoms with Crippen LogP contribution in [0.2, 0.25) is 5.02 Å². The van der Waals surface area contributed by atoms with Crippen molar-refractivity contribution in [3.63, 3.8) is 0 Å². The van der Waals surface area contributed by atoms with Crippen LogP contribution in [0.15, 0.2) is 36.4 Å². The first-order valence-electron chi connectivity index (χ1n) is 6.10. The smallest absolute Gasteiger partial charge is 0.159 e. The van der Waals surface area contributed by atoms with E-state index in [1.54, 1.807) is 12.1 Å². The molecule has 106 valence electrons. The van der Waals surface area contributed by atoms with Crippen LogP contribution in [0.25, 0.3) is 0 Å². The summed E-state index contributed by atoms with van der Waals surface area (Å²) in [5.74, 6) is -1.91. The van der Waals surface area contributed by atoms with Crippen molar-refractivity contribution in [3.05, 3.63) is 64.2 Å². The van der Waals surface area contributed by atoms with Gasteiger partial charge in [0.2, 0.25) is 0 Å². The third kappa shape index (κ3) is 3.46. The van der Waals surface area contributed by atoms with Crippen molar-refractivity contribution in [2.24, 2.45) is 0 Å². The molecule has 0 spiro atoms. The van der Waals surface area contributed by atoms with Crippen molar-refractivity contribution < 1.29 is 13.9 Å². The van der Waals surface area contributed by atoms with Gasteiger partial charge in [-0.15, -0.1) is 0 Å². The summed E-state index contributed by atoms with van der Waals surface area (Å²) in [6.45, 7) is 2.07. The maximum Gasteiger partial charge on any atom is 0.159 e. The van der Waals surface area contributed by atoms with Gasteiger partial charge in [-0.25, -0.2) is 8.78 Å². The SMILES string of the molecule is Cc1ccc(NCC(O)c2ccc(F)c(F)c2)c(Cl)c1. The van der Waals surface area contributed by atoms with Crippen LogP contribution in [0.3, 0.4) is 0 Å². The van der Waals surface area contributed by atoms with E-state index in [2.05, 4.69) is 5.32 Å². The number of hydrogen-bond donors (Lipinski definition) is 2. The van der Waals surface area contributed by atoms with E-state index in [1.807, 2.05) is 13.0 Å². The molecule has 0 heterocycles. The van der Waals surface area contributed by atoms with Crippen LogP contribution in [-0.2, 0) is 0 Å². The van der Waals surface area contributed by atoms with Crippen molar-refractivity contribution in [2.45, 2.75) is 13.0 Å². The van der Waals surface area contributed by atoms with Crippen LogP contribution in [0, 0.1) is 18.6 Å². The molecule has 0 radical (unpaired) electrons. The van der Waals surface area contributed by atoms with Gasteiger partial charge >= 0.3 is 0 Å². The fraction of sp³-hybridized carbons (Fsp3) is 0.200. The summed E-state index contributed by atoms with van der Waals surface area (Å²) in [6.07, 6.45) is -0.956. The summed E-state index contributed by atoms with van der Waals surface area (Å²) >= 11 is 6.05. The van der Waals surface area contributed by atoms with Crippen molar-refractivity contribution in [1.82, 2.24) is 0 Å². The highest BCUT2D eigenvalue weighted by Crippen LogP contribution is 2.24. The predicted molar refractivity (Wildman–Crippen MR) is 76.0 cm³/mol. The van der Waals surface area contributed by atoms with Gasteiger partial charge in [0, 0.05) is 6.54 Å². The molecule has 2 N–H and O–H groups in total. The van der Waals surface area contributed by atoms with Crippen molar-refractivity contribution >= 4 is 17.3 Å². The molecule has 0 amide bonds. The molecule has 1 unspecified atom stereocenters. The highest BCUT2D eigenvalue weighted by atomic mass is 35.5. The topological polar surface area (TPSA) is 32.3 Å². The highest BCUT2D eigenvalue weighted by molar-refractivity contribution is 6.33. The Labute approximate surface area is 121 Å². The Balaban J connectivity index is 2.04. The predicted octanol–water partition coefficient (Wildman–Crippen LogP) is 4.07. The minimum Gasteiger partial charge on any atom is -0.387 e. The number of nitrogens with one attached hydrogen (secondary N) is 1. The molecule has 20 heavy (non-hydrogen) atoms. The zero-order valence-electron chi connectivity index (χ0n) is 10.8. The number of hydrogen-bond acceptors (Lipinski definition) is 2. The van der Waals surface area contributed by atoms with Crippen LogP contribution in [0.4, 0.5) is 14.5 Å². The Morgan fingerprint density at radius 2 is 1.90 bits per heavy atom. The quantitative estimate of drug-likeness (QED) is 0.891. The molecule has 0 aliphatic heterocycles. The number of rotatable bonds is 4. The van der Waals surface area contributed by atoms with Gasteiger partial charge in [-0.1, -0.05) is 23.7 Å². The van der Waals surface area contributed by atoms with Gasteiger partial charge in [-0.05, 0) is 42.3 Å². The molecule has 0 fully saturated rings. The Kier molecular flexibility index (Phi) is 4.57. The van der Waals surface area contributed by atoms with Gasteiger partial charge in [0.1, 0.15) is 0 Å². The molecule has 0 aliphatic carbocycles. The Hall–Kier alpha value is -1.65. The number of halogens is 3. The average Bonchev–Trinajstić information content (AvgIpc) is 2.40. The maximum absolute atomic E-state index is 13.1. The van der Waals surface area contributed by atoms with Crippen LogP contribution in [-0.4, -0.2) is 11.7 Å². The van der Waals surface area contributed by atoms with E-state index in [4.69, 9.17) is 11.6 Å². The molecule has 0 aliphatic rings. The zero-order valence-corrected chi connectivity index (χ0v) is 11.6. The third-order valence-electron chi connectivity index (χ3n) is 2.94. The lowest BCUT2D eigenvalue weighted by Crippen LogP contribution is -2.12. The first-order chi connectivity index (χ1) is 9.47. The van der Waals surface area contributed by atoms with Gasteiger partial charge in [-0.3, -0.25) is 0 Å². The number of aliphatic hydroxyl groups is 1. The van der Waals surface area contributed by atoms with Gasteiger partial charge in [0.15, 0.2) is 11.6 Å². The Morgan fingerprint density at radius 3 is 2.55 bits per heavy atom. The van der Waals surface area contributed by atoms with Crippen molar-refractivity contribution in [3.8, 4) is 0 Å². The van der Waals surface area contributed by atoms with E-state index in [9.17, 15) is 13.9 Å². The standard InChI is InChI=1S/C15H14ClF2NO/c1-9-2-5-14(11(16)6-9)19-8-15(20)10-3-4-12(17)13(18)7-10/h2-7,15,19-20H,8H2,1H3. The molecule has 0 saturated heterocycles. The first-order valence-corrected chi connectivity index (χ1v) is 6.48. The van der Waals surface area contributed by atoms with E-state index >= 15 is 0 Å². The molecule has 2 nitrogen and oxygen atoms in total. The summed E-state index contributed by atoms with van der Waals surface area (Å²) in [4.78, 5) is 0. The number of benzene rings is 2. The molecular weight excluding hydrogens is 284 g/mol. The molecule has 0 bridgehead atoms. The minimum atomic E-state index is -0.977. The minimum absolute atomic E-state index is 0.147. The van der Waals surface area contributed by atoms with Crippen molar-refractivity contribution in [1.29, 1.82) is 0 Å². The molecular formula is C15H14ClF2NO. The lowest BCUT2D eigenvalue weighted by atomic mass is 10.1. The first kappa shape index (κ1) is 14.8. The molecule has 5 heteroatoms. The van der Waals surface area contributed by atoms with E-state index in [-0.39, 0.29) is 6.54 Å². The third-order valence-corrected chi connectivity index (χ3v) is 3.25. The van der Waals surface area contributed by atoms with Gasteiger partial charge in [0.25, 0.3) is 0 Å². The second-order valence-corrected chi connectivity index (χ2v) is 4.96. The van der Waals surface area contributed by atoms with Gasteiger partial charge in [-0.2, -0.15) is 0 Å². The van der Waals surface area contributed by atoms with E-state index in [1.165, 1.54) is 6.07 Å². The average molecular weight is 298 g/mol. The van der Waals surface area contributed by atoms with Crippen LogP contribution in [0.5, 0.6) is 0 Å². The Morgan fingerprint density at radius 1 is 1.15 bits per heavy atom. The monoisotopic (exact) mass is 297 g/mol. The summed E-state index contributed by atoms with van der Waals surface area (Å²) in [5.41, 5.74) is 2.01. The Bertz CT molecular complexity index is 619. The number of aliphatic hydroxyl groups excluding tert-OH is 1. The van der Waals surface area contributed by atoms with E-state index in [0.717, 1.165) is 17.7 Å². The molecule has 0 saturated carbocycles. The van der Waals surface area contributed by atoms with Gasteiger partial charge in [0.05, 0.1) is 16.8 Å². The summed E-state index contributed by atoms with van der Waals surface area (Å²) in [7, 11) is 0. The zero-order chi connectivity index (χ0) is 14.7. The summed E-state index contributed by atoms with van der Waals surface area (Å²) in [5, 5.41) is 13.5. The van der Waals surface area contributed by atoms with E-state index < -0.39 is 17.7 Å². The van der Waals surface area contributed by atoms with Crippen molar-refractivity contribution in [2.75, 3.05) is 11.9 Å². The van der Waals surface area contributed by atoms with Crippen LogP contribution < -0.4 is 5.32 Å². The lowest BCUT2D eigenvalue weighted by molar-refractivity contribution is 0.191. The molecule has 0 aromatic heterocycles. The normalized spacial score (nSPS) is 12.2. The molecule has 2 aromatic carbocycles.